The first-order valence-electron chi connectivity index (χ1n) is 4.61. The second-order valence-electron chi connectivity index (χ2n) is 3.48. The van der Waals surface area contributed by atoms with Crippen molar-refractivity contribution in [2.45, 2.75) is 26.2 Å². The Morgan fingerprint density at radius 3 is 2.85 bits per heavy atom. The SMILES string of the molecule is Cc1nccc(C(=O)C2CCC2)n1. The molecule has 0 amide bonds. The number of hydrogen-bond acceptors (Lipinski definition) is 3. The molecule has 0 spiro atoms. The zero-order chi connectivity index (χ0) is 9.26. The summed E-state index contributed by atoms with van der Waals surface area (Å²) in [5, 5.41) is 0. The van der Waals surface area contributed by atoms with Gasteiger partial charge in [-0.3, -0.25) is 4.79 Å². The summed E-state index contributed by atoms with van der Waals surface area (Å²) < 4.78 is 0. The Bertz CT molecular complexity index is 331. The van der Waals surface area contributed by atoms with Gasteiger partial charge in [-0.1, -0.05) is 6.42 Å². The van der Waals surface area contributed by atoms with Crippen molar-refractivity contribution in [2.24, 2.45) is 5.92 Å². The highest BCUT2D eigenvalue weighted by molar-refractivity contribution is 5.96. The van der Waals surface area contributed by atoms with Crippen LogP contribution in [0.4, 0.5) is 0 Å². The summed E-state index contributed by atoms with van der Waals surface area (Å²) in [5.74, 6) is 1.09. The number of ketones is 1. The summed E-state index contributed by atoms with van der Waals surface area (Å²) >= 11 is 0. The van der Waals surface area contributed by atoms with Gasteiger partial charge in [0.2, 0.25) is 0 Å². The number of carbonyl (C=O) groups excluding carboxylic acids is 1. The fraction of sp³-hybridized carbons (Fsp3) is 0.500. The zero-order valence-electron chi connectivity index (χ0n) is 7.66. The molecule has 1 aromatic heterocycles. The molecule has 3 nitrogen and oxygen atoms in total. The van der Waals surface area contributed by atoms with Crippen LogP contribution in [0.2, 0.25) is 0 Å². The summed E-state index contributed by atoms with van der Waals surface area (Å²) in [4.78, 5) is 19.8. The Hall–Kier alpha value is -1.25. The fourth-order valence-corrected chi connectivity index (χ4v) is 1.47. The Kier molecular flexibility index (Phi) is 2.08. The molecule has 0 unspecified atom stereocenters. The van der Waals surface area contributed by atoms with Gasteiger partial charge in [0.1, 0.15) is 11.5 Å². The maximum Gasteiger partial charge on any atom is 0.184 e. The van der Waals surface area contributed by atoms with Crippen LogP contribution in [0.25, 0.3) is 0 Å². The number of aromatic nitrogens is 2. The van der Waals surface area contributed by atoms with Crippen molar-refractivity contribution in [3.63, 3.8) is 0 Å². The molecular weight excluding hydrogens is 164 g/mol. The highest BCUT2D eigenvalue weighted by atomic mass is 16.1. The van der Waals surface area contributed by atoms with Crippen molar-refractivity contribution in [2.75, 3.05) is 0 Å². The lowest BCUT2D eigenvalue weighted by Gasteiger charge is -2.23. The Balaban J connectivity index is 2.19. The first-order valence-corrected chi connectivity index (χ1v) is 4.61. The number of rotatable bonds is 2. The van der Waals surface area contributed by atoms with E-state index < -0.39 is 0 Å². The molecule has 0 aromatic carbocycles. The monoisotopic (exact) mass is 176 g/mol. The zero-order valence-corrected chi connectivity index (χ0v) is 7.66. The lowest BCUT2D eigenvalue weighted by Crippen LogP contribution is -2.23. The molecule has 1 saturated carbocycles. The molecule has 1 fully saturated rings. The van der Waals surface area contributed by atoms with Crippen LogP contribution in [0.15, 0.2) is 12.3 Å². The molecule has 1 aromatic rings. The molecule has 1 heterocycles. The second-order valence-corrected chi connectivity index (χ2v) is 3.48. The first kappa shape index (κ1) is 8.35. The van der Waals surface area contributed by atoms with Gasteiger partial charge in [0, 0.05) is 12.1 Å². The molecule has 2 rings (SSSR count). The number of carbonyl (C=O) groups is 1. The summed E-state index contributed by atoms with van der Waals surface area (Å²) in [5.41, 5.74) is 0.581. The van der Waals surface area contributed by atoms with Gasteiger partial charge in [-0.15, -0.1) is 0 Å². The summed E-state index contributed by atoms with van der Waals surface area (Å²) in [6.07, 6.45) is 4.89. The minimum atomic E-state index is 0.191. The number of hydrogen-bond donors (Lipinski definition) is 0. The molecule has 0 aliphatic heterocycles. The Morgan fingerprint density at radius 2 is 2.31 bits per heavy atom. The Morgan fingerprint density at radius 1 is 1.54 bits per heavy atom. The van der Waals surface area contributed by atoms with Gasteiger partial charge in [-0.2, -0.15) is 0 Å². The number of Topliss-reactive ketones (excluding diaryl/α,β-unsaturated/α-hetero) is 1. The van der Waals surface area contributed by atoms with Gasteiger partial charge in [-0.25, -0.2) is 9.97 Å². The predicted octanol–water partition coefficient (Wildman–Crippen LogP) is 1.77. The van der Waals surface area contributed by atoms with Crippen molar-refractivity contribution in [3.8, 4) is 0 Å². The van der Waals surface area contributed by atoms with Crippen LogP contribution in [0.1, 0.15) is 35.6 Å². The molecule has 0 radical (unpaired) electrons. The summed E-state index contributed by atoms with van der Waals surface area (Å²) in [7, 11) is 0. The van der Waals surface area contributed by atoms with E-state index in [1.54, 1.807) is 19.2 Å². The summed E-state index contributed by atoms with van der Waals surface area (Å²) in [6, 6.07) is 1.70. The first-order chi connectivity index (χ1) is 6.27. The molecule has 68 valence electrons. The molecule has 1 aliphatic carbocycles. The highest BCUT2D eigenvalue weighted by Gasteiger charge is 2.26. The van der Waals surface area contributed by atoms with Crippen molar-refractivity contribution in [3.05, 3.63) is 23.8 Å². The maximum absolute atomic E-state index is 11.7. The maximum atomic E-state index is 11.7. The van der Waals surface area contributed by atoms with Crippen LogP contribution in [-0.4, -0.2) is 15.8 Å². The third-order valence-electron chi connectivity index (χ3n) is 2.50. The third-order valence-corrected chi connectivity index (χ3v) is 2.50. The van der Waals surface area contributed by atoms with Gasteiger partial charge in [-0.05, 0) is 25.8 Å². The molecule has 0 saturated heterocycles. The second kappa shape index (κ2) is 3.24. The smallest absolute Gasteiger partial charge is 0.184 e. The van der Waals surface area contributed by atoms with Crippen molar-refractivity contribution in [1.82, 2.24) is 9.97 Å². The summed E-state index contributed by atoms with van der Waals surface area (Å²) in [6.45, 7) is 1.80. The van der Waals surface area contributed by atoms with E-state index in [4.69, 9.17) is 0 Å². The lowest BCUT2D eigenvalue weighted by atomic mass is 9.81. The van der Waals surface area contributed by atoms with Crippen LogP contribution in [0.5, 0.6) is 0 Å². The molecule has 13 heavy (non-hydrogen) atoms. The third kappa shape index (κ3) is 1.59. The largest absolute Gasteiger partial charge is 0.292 e. The van der Waals surface area contributed by atoms with E-state index >= 15 is 0 Å². The van der Waals surface area contributed by atoms with Crippen molar-refractivity contribution in [1.29, 1.82) is 0 Å². The number of nitrogens with zero attached hydrogens (tertiary/aromatic N) is 2. The van der Waals surface area contributed by atoms with Crippen molar-refractivity contribution >= 4 is 5.78 Å². The topological polar surface area (TPSA) is 42.9 Å². The quantitative estimate of drug-likeness (QED) is 0.645. The van der Waals surface area contributed by atoms with E-state index in [0.29, 0.717) is 11.5 Å². The van der Waals surface area contributed by atoms with E-state index in [1.807, 2.05) is 0 Å². The molecule has 1 aliphatic rings. The van der Waals surface area contributed by atoms with Crippen LogP contribution in [-0.2, 0) is 0 Å². The average Bonchev–Trinajstić information content (AvgIpc) is 2.01. The minimum Gasteiger partial charge on any atom is -0.292 e. The molecular formula is C10H12N2O. The average molecular weight is 176 g/mol. The molecule has 0 atom stereocenters. The van der Waals surface area contributed by atoms with Crippen LogP contribution in [0.3, 0.4) is 0 Å². The van der Waals surface area contributed by atoms with Crippen LogP contribution >= 0.6 is 0 Å². The predicted molar refractivity (Wildman–Crippen MR) is 48.4 cm³/mol. The fourth-order valence-electron chi connectivity index (χ4n) is 1.47. The minimum absolute atomic E-state index is 0.191. The molecule has 3 heteroatoms. The highest BCUT2D eigenvalue weighted by Crippen LogP contribution is 2.29. The van der Waals surface area contributed by atoms with Crippen LogP contribution in [0, 0.1) is 12.8 Å². The van der Waals surface area contributed by atoms with Gasteiger partial charge in [0.15, 0.2) is 5.78 Å². The van der Waals surface area contributed by atoms with E-state index in [2.05, 4.69) is 9.97 Å². The molecule has 0 bridgehead atoms. The van der Waals surface area contributed by atoms with Crippen LogP contribution < -0.4 is 0 Å². The van der Waals surface area contributed by atoms with Gasteiger partial charge < -0.3 is 0 Å². The molecule has 0 N–H and O–H groups in total. The Labute approximate surface area is 77.2 Å². The standard InChI is InChI=1S/C10H12N2O/c1-7-11-6-5-9(12-7)10(13)8-3-2-4-8/h5-6,8H,2-4H2,1H3. The van der Waals surface area contributed by atoms with E-state index in [0.717, 1.165) is 12.8 Å². The van der Waals surface area contributed by atoms with E-state index in [1.165, 1.54) is 6.42 Å². The van der Waals surface area contributed by atoms with Crippen molar-refractivity contribution < 1.29 is 4.79 Å². The van der Waals surface area contributed by atoms with Gasteiger partial charge >= 0.3 is 0 Å². The van der Waals surface area contributed by atoms with E-state index in [-0.39, 0.29) is 11.7 Å². The number of aryl methyl sites for hydroxylation is 1. The lowest BCUT2D eigenvalue weighted by molar-refractivity contribution is 0.0849. The van der Waals surface area contributed by atoms with Gasteiger partial charge in [0.25, 0.3) is 0 Å². The normalized spacial score (nSPS) is 16.7. The van der Waals surface area contributed by atoms with Gasteiger partial charge in [0.05, 0.1) is 0 Å². The van der Waals surface area contributed by atoms with E-state index in [9.17, 15) is 4.79 Å².